The Kier molecular flexibility index (Phi) is 5.28. The van der Waals surface area contributed by atoms with E-state index in [4.69, 9.17) is 9.15 Å². The van der Waals surface area contributed by atoms with E-state index >= 15 is 0 Å². The van der Waals surface area contributed by atoms with Crippen LogP contribution in [0.4, 0.5) is 11.7 Å². The SMILES string of the molecule is COc1ccccc1Nc1nc2c(C(=O)NC3CC4CCCC(C3)N4C)cccc2o1. The lowest BCUT2D eigenvalue weighted by atomic mass is 9.82. The number of rotatable bonds is 5. The van der Waals surface area contributed by atoms with Crippen molar-refractivity contribution < 1.29 is 13.9 Å². The second kappa shape index (κ2) is 8.23. The molecule has 162 valence electrons. The molecule has 2 atom stereocenters. The van der Waals surface area contributed by atoms with E-state index in [0.29, 0.717) is 40.5 Å². The Morgan fingerprint density at radius 3 is 2.68 bits per heavy atom. The standard InChI is InChI=1S/C24H28N4O3/c1-28-16-7-5-8-17(28)14-15(13-16)25-23(29)18-9-6-12-21-22(18)27-24(31-21)26-19-10-3-4-11-20(19)30-2/h3-4,6,9-12,15-17H,5,7-8,13-14H2,1-2H3,(H,25,29)(H,26,27). The number of fused-ring (bicyclic) bond motifs is 3. The number of carbonyl (C=O) groups excluding carboxylic acids is 1. The molecule has 0 saturated carbocycles. The van der Waals surface area contributed by atoms with Gasteiger partial charge in [-0.05, 0) is 57.0 Å². The number of anilines is 2. The van der Waals surface area contributed by atoms with Gasteiger partial charge in [-0.3, -0.25) is 4.79 Å². The van der Waals surface area contributed by atoms with E-state index in [1.807, 2.05) is 42.5 Å². The van der Waals surface area contributed by atoms with Crippen LogP contribution in [0.2, 0.25) is 0 Å². The molecule has 0 spiro atoms. The molecule has 2 aliphatic heterocycles. The smallest absolute Gasteiger partial charge is 0.300 e. The molecule has 7 nitrogen and oxygen atoms in total. The van der Waals surface area contributed by atoms with Gasteiger partial charge in [0.2, 0.25) is 0 Å². The van der Waals surface area contributed by atoms with Gasteiger partial charge in [0.25, 0.3) is 11.9 Å². The summed E-state index contributed by atoms with van der Waals surface area (Å²) in [5.41, 5.74) is 2.43. The number of nitrogens with zero attached hydrogens (tertiary/aromatic N) is 2. The summed E-state index contributed by atoms with van der Waals surface area (Å²) in [7, 11) is 3.84. The lowest BCUT2D eigenvalue weighted by molar-refractivity contribution is 0.0463. The van der Waals surface area contributed by atoms with Crippen molar-refractivity contribution in [3.05, 3.63) is 48.0 Å². The summed E-state index contributed by atoms with van der Waals surface area (Å²) in [4.78, 5) is 20.2. The number of ether oxygens (including phenoxy) is 1. The van der Waals surface area contributed by atoms with Crippen LogP contribution in [0.5, 0.6) is 5.75 Å². The summed E-state index contributed by atoms with van der Waals surface area (Å²) >= 11 is 0. The summed E-state index contributed by atoms with van der Waals surface area (Å²) in [5.74, 6) is 0.603. The monoisotopic (exact) mass is 420 g/mol. The Labute approximate surface area is 181 Å². The molecule has 3 aromatic rings. The van der Waals surface area contributed by atoms with Gasteiger partial charge >= 0.3 is 0 Å². The molecular weight excluding hydrogens is 392 g/mol. The first-order valence-electron chi connectivity index (χ1n) is 10.9. The molecule has 2 aliphatic rings. The Morgan fingerprint density at radius 1 is 1.13 bits per heavy atom. The molecule has 2 N–H and O–H groups in total. The number of methoxy groups -OCH3 is 1. The van der Waals surface area contributed by atoms with E-state index in [9.17, 15) is 4.79 Å². The first kappa shape index (κ1) is 19.9. The number of carbonyl (C=O) groups is 1. The van der Waals surface area contributed by atoms with Crippen molar-refractivity contribution in [2.45, 2.75) is 50.2 Å². The van der Waals surface area contributed by atoms with E-state index in [2.05, 4.69) is 27.6 Å². The van der Waals surface area contributed by atoms with Crippen LogP contribution in [0, 0.1) is 0 Å². The summed E-state index contributed by atoms with van der Waals surface area (Å²) in [5, 5.41) is 6.42. The fourth-order valence-electron chi connectivity index (χ4n) is 5.05. The number of benzene rings is 2. The second-order valence-corrected chi connectivity index (χ2v) is 8.54. The molecule has 3 heterocycles. The van der Waals surface area contributed by atoms with Gasteiger partial charge in [0.1, 0.15) is 11.3 Å². The Balaban J connectivity index is 1.36. The van der Waals surface area contributed by atoms with Crippen LogP contribution in [0.15, 0.2) is 46.9 Å². The molecular formula is C24H28N4O3. The zero-order valence-corrected chi connectivity index (χ0v) is 17.9. The third-order valence-corrected chi connectivity index (χ3v) is 6.69. The maximum atomic E-state index is 13.1. The number of amides is 1. The number of aromatic nitrogens is 1. The topological polar surface area (TPSA) is 79.6 Å². The van der Waals surface area contributed by atoms with Crippen molar-refractivity contribution in [1.29, 1.82) is 0 Å². The minimum atomic E-state index is -0.0876. The fourth-order valence-corrected chi connectivity index (χ4v) is 5.05. The third-order valence-electron chi connectivity index (χ3n) is 6.69. The van der Waals surface area contributed by atoms with Crippen molar-refractivity contribution in [2.24, 2.45) is 0 Å². The quantitative estimate of drug-likeness (QED) is 0.640. The van der Waals surface area contributed by atoms with Gasteiger partial charge in [0.05, 0.1) is 18.4 Å². The largest absolute Gasteiger partial charge is 0.495 e. The number of hydrogen-bond donors (Lipinski definition) is 2. The van der Waals surface area contributed by atoms with Crippen molar-refractivity contribution in [2.75, 3.05) is 19.5 Å². The number of piperidine rings is 2. The van der Waals surface area contributed by atoms with Gasteiger partial charge < -0.3 is 24.7 Å². The highest BCUT2D eigenvalue weighted by atomic mass is 16.5. The Morgan fingerprint density at radius 2 is 1.90 bits per heavy atom. The number of oxazole rings is 1. The molecule has 5 rings (SSSR count). The highest BCUT2D eigenvalue weighted by molar-refractivity contribution is 6.04. The van der Waals surface area contributed by atoms with Gasteiger partial charge in [-0.25, -0.2) is 0 Å². The summed E-state index contributed by atoms with van der Waals surface area (Å²) in [6.45, 7) is 0. The Hall–Kier alpha value is -3.06. The zero-order valence-electron chi connectivity index (χ0n) is 17.9. The molecule has 0 aliphatic carbocycles. The van der Waals surface area contributed by atoms with Crippen LogP contribution in [0.3, 0.4) is 0 Å². The van der Waals surface area contributed by atoms with E-state index in [-0.39, 0.29) is 11.9 Å². The highest BCUT2D eigenvalue weighted by Gasteiger charge is 2.36. The molecule has 1 aromatic heterocycles. The molecule has 31 heavy (non-hydrogen) atoms. The summed E-state index contributed by atoms with van der Waals surface area (Å²) in [6.07, 6.45) is 5.75. The highest BCUT2D eigenvalue weighted by Crippen LogP contribution is 2.33. The number of nitrogens with one attached hydrogen (secondary N) is 2. The third kappa shape index (κ3) is 3.85. The molecule has 2 unspecified atom stereocenters. The van der Waals surface area contributed by atoms with Crippen LogP contribution in [-0.4, -0.2) is 48.1 Å². The van der Waals surface area contributed by atoms with Crippen molar-refractivity contribution in [1.82, 2.24) is 15.2 Å². The minimum absolute atomic E-state index is 0.0876. The van der Waals surface area contributed by atoms with Crippen LogP contribution in [0.1, 0.15) is 42.5 Å². The Bertz CT molecular complexity index is 1080. The molecule has 2 fully saturated rings. The molecule has 2 bridgehead atoms. The summed E-state index contributed by atoms with van der Waals surface area (Å²) < 4.78 is 11.2. The van der Waals surface area contributed by atoms with Crippen LogP contribution >= 0.6 is 0 Å². The summed E-state index contributed by atoms with van der Waals surface area (Å²) in [6, 6.07) is 14.7. The maximum Gasteiger partial charge on any atom is 0.300 e. The molecule has 0 radical (unpaired) electrons. The number of para-hydroxylation sites is 3. The molecule has 1 amide bonds. The second-order valence-electron chi connectivity index (χ2n) is 8.54. The lowest BCUT2D eigenvalue weighted by Gasteiger charge is -2.47. The van der Waals surface area contributed by atoms with Gasteiger partial charge in [0, 0.05) is 18.1 Å². The van der Waals surface area contributed by atoms with Crippen LogP contribution in [-0.2, 0) is 0 Å². The lowest BCUT2D eigenvalue weighted by Crippen LogP contribution is -2.55. The van der Waals surface area contributed by atoms with Crippen LogP contribution < -0.4 is 15.4 Å². The van der Waals surface area contributed by atoms with Crippen LogP contribution in [0.25, 0.3) is 11.1 Å². The molecule has 7 heteroatoms. The average Bonchev–Trinajstić information content (AvgIpc) is 3.17. The van der Waals surface area contributed by atoms with Gasteiger partial charge in [-0.1, -0.05) is 24.6 Å². The van der Waals surface area contributed by atoms with E-state index in [1.165, 1.54) is 19.3 Å². The predicted octanol–water partition coefficient (Wildman–Crippen LogP) is 4.33. The molecule has 2 aromatic carbocycles. The van der Waals surface area contributed by atoms with Gasteiger partial charge in [-0.2, -0.15) is 4.98 Å². The zero-order chi connectivity index (χ0) is 21.4. The van der Waals surface area contributed by atoms with Crippen molar-refractivity contribution in [3.8, 4) is 5.75 Å². The fraction of sp³-hybridized carbons (Fsp3) is 0.417. The predicted molar refractivity (Wildman–Crippen MR) is 120 cm³/mol. The van der Waals surface area contributed by atoms with Crippen molar-refractivity contribution >= 4 is 28.7 Å². The molecule has 2 saturated heterocycles. The first-order valence-corrected chi connectivity index (χ1v) is 10.9. The van der Waals surface area contributed by atoms with Gasteiger partial charge in [-0.15, -0.1) is 0 Å². The van der Waals surface area contributed by atoms with Gasteiger partial charge in [0.15, 0.2) is 5.58 Å². The maximum absolute atomic E-state index is 13.1. The number of hydrogen-bond acceptors (Lipinski definition) is 6. The van der Waals surface area contributed by atoms with Crippen molar-refractivity contribution in [3.63, 3.8) is 0 Å². The first-order chi connectivity index (χ1) is 15.1. The normalized spacial score (nSPS) is 23.5. The minimum Gasteiger partial charge on any atom is -0.495 e. The van der Waals surface area contributed by atoms with E-state index in [0.717, 1.165) is 18.5 Å². The van der Waals surface area contributed by atoms with E-state index < -0.39 is 0 Å². The average molecular weight is 421 g/mol. The van der Waals surface area contributed by atoms with E-state index in [1.54, 1.807) is 7.11 Å².